The van der Waals surface area contributed by atoms with E-state index < -0.39 is 5.67 Å². The zero-order valence-electron chi connectivity index (χ0n) is 12.5. The first-order valence-electron chi connectivity index (χ1n) is 7.73. The summed E-state index contributed by atoms with van der Waals surface area (Å²) < 4.78 is 14.6. The molecule has 0 aromatic heterocycles. The number of aryl methyl sites for hydroxylation is 1. The Labute approximate surface area is 121 Å². The normalized spacial score (nSPS) is 29.4. The van der Waals surface area contributed by atoms with Gasteiger partial charge >= 0.3 is 0 Å². The van der Waals surface area contributed by atoms with Crippen molar-refractivity contribution in [1.29, 1.82) is 0 Å². The summed E-state index contributed by atoms with van der Waals surface area (Å²) in [5.74, 6) is 0.588. The zero-order valence-corrected chi connectivity index (χ0v) is 12.5. The summed E-state index contributed by atoms with van der Waals surface area (Å²) in [6.45, 7) is 4.39. The van der Waals surface area contributed by atoms with Crippen LogP contribution in [0.2, 0.25) is 0 Å². The average Bonchev–Trinajstić information content (AvgIpc) is 3.21. The largest absolute Gasteiger partial charge is 0.310 e. The third-order valence-corrected chi connectivity index (χ3v) is 4.86. The number of benzene rings is 1. The van der Waals surface area contributed by atoms with Gasteiger partial charge in [-0.25, -0.2) is 4.39 Å². The Morgan fingerprint density at radius 2 is 1.90 bits per heavy atom. The molecule has 0 radical (unpaired) electrons. The van der Waals surface area contributed by atoms with Gasteiger partial charge in [0.2, 0.25) is 0 Å². The van der Waals surface area contributed by atoms with Crippen LogP contribution in [0.3, 0.4) is 0 Å². The minimum atomic E-state index is -0.993. The Morgan fingerprint density at radius 1 is 1.25 bits per heavy atom. The Bertz CT molecular complexity index is 449. The molecule has 2 aliphatic rings. The first kappa shape index (κ1) is 14.0. The van der Waals surface area contributed by atoms with Gasteiger partial charge in [0.15, 0.2) is 0 Å². The molecule has 2 fully saturated rings. The van der Waals surface area contributed by atoms with Crippen molar-refractivity contribution in [2.45, 2.75) is 43.8 Å². The molecule has 110 valence electrons. The molecule has 2 nitrogen and oxygen atoms in total. The highest BCUT2D eigenvalue weighted by atomic mass is 19.1. The van der Waals surface area contributed by atoms with E-state index in [0.717, 1.165) is 19.5 Å². The number of nitrogens with zero attached hydrogens (tertiary/aromatic N) is 1. The molecule has 1 aromatic carbocycles. The number of hydrogen-bond donors (Lipinski definition) is 1. The second-order valence-electron chi connectivity index (χ2n) is 6.69. The lowest BCUT2D eigenvalue weighted by molar-refractivity contribution is 0.0686. The highest BCUT2D eigenvalue weighted by molar-refractivity contribution is 5.30. The van der Waals surface area contributed by atoms with Gasteiger partial charge in [0.1, 0.15) is 5.67 Å². The quantitative estimate of drug-likeness (QED) is 0.909. The van der Waals surface area contributed by atoms with Crippen molar-refractivity contribution in [3.63, 3.8) is 0 Å². The molecular formula is C17H25FN2. The molecule has 1 N–H and O–H groups in total. The van der Waals surface area contributed by atoms with Crippen molar-refractivity contribution in [2.75, 3.05) is 26.7 Å². The van der Waals surface area contributed by atoms with Crippen LogP contribution in [0.15, 0.2) is 24.3 Å². The number of piperidine rings is 1. The third-order valence-electron chi connectivity index (χ3n) is 4.86. The molecule has 1 saturated heterocycles. The average molecular weight is 276 g/mol. The molecule has 1 saturated carbocycles. The summed E-state index contributed by atoms with van der Waals surface area (Å²) in [5, 5.41) is 3.45. The van der Waals surface area contributed by atoms with Gasteiger partial charge in [-0.05, 0) is 38.8 Å². The second kappa shape index (κ2) is 5.45. The standard InChI is InChI=1S/C17H25FN2/c1-13-3-5-14(6-4-13)15-11-16(15)19-12-17(18)7-9-20(2)10-8-17/h3-6,15-16,19H,7-12H2,1-2H3. The molecule has 1 aliphatic heterocycles. The number of alkyl halides is 1. The monoisotopic (exact) mass is 276 g/mol. The van der Waals surface area contributed by atoms with Gasteiger partial charge in [-0.3, -0.25) is 0 Å². The fraction of sp³-hybridized carbons (Fsp3) is 0.647. The minimum absolute atomic E-state index is 0.477. The molecule has 1 aliphatic carbocycles. The van der Waals surface area contributed by atoms with E-state index in [9.17, 15) is 4.39 Å². The molecule has 1 heterocycles. The highest BCUT2D eigenvalue weighted by Crippen LogP contribution is 2.41. The molecular weight excluding hydrogens is 251 g/mol. The summed E-state index contributed by atoms with van der Waals surface area (Å²) >= 11 is 0. The van der Waals surface area contributed by atoms with Crippen LogP contribution in [0.25, 0.3) is 0 Å². The molecule has 2 unspecified atom stereocenters. The lowest BCUT2D eigenvalue weighted by Crippen LogP contribution is -2.46. The highest BCUT2D eigenvalue weighted by Gasteiger charge is 2.41. The van der Waals surface area contributed by atoms with Crippen molar-refractivity contribution >= 4 is 0 Å². The predicted octanol–water partition coefficient (Wildman–Crippen LogP) is 2.87. The van der Waals surface area contributed by atoms with Crippen LogP contribution < -0.4 is 5.32 Å². The molecule has 3 rings (SSSR count). The topological polar surface area (TPSA) is 15.3 Å². The fourth-order valence-electron chi connectivity index (χ4n) is 3.11. The second-order valence-corrected chi connectivity index (χ2v) is 6.69. The van der Waals surface area contributed by atoms with E-state index in [2.05, 4.69) is 48.5 Å². The zero-order chi connectivity index (χ0) is 14.2. The SMILES string of the molecule is Cc1ccc(C2CC2NCC2(F)CCN(C)CC2)cc1. The van der Waals surface area contributed by atoms with Gasteiger partial charge in [0.25, 0.3) is 0 Å². The molecule has 0 amide bonds. The number of nitrogens with one attached hydrogen (secondary N) is 1. The van der Waals surface area contributed by atoms with Gasteiger partial charge in [0, 0.05) is 31.6 Å². The predicted molar refractivity (Wildman–Crippen MR) is 80.9 cm³/mol. The smallest absolute Gasteiger partial charge is 0.125 e. The first-order valence-corrected chi connectivity index (χ1v) is 7.73. The van der Waals surface area contributed by atoms with Crippen LogP contribution in [-0.2, 0) is 0 Å². The Kier molecular flexibility index (Phi) is 3.83. The van der Waals surface area contributed by atoms with E-state index in [0.29, 0.717) is 31.3 Å². The van der Waals surface area contributed by atoms with Crippen molar-refractivity contribution in [3.8, 4) is 0 Å². The lowest BCUT2D eigenvalue weighted by atomic mass is 9.93. The number of hydrogen-bond acceptors (Lipinski definition) is 2. The van der Waals surface area contributed by atoms with Crippen LogP contribution in [0, 0.1) is 6.92 Å². The van der Waals surface area contributed by atoms with E-state index in [4.69, 9.17) is 0 Å². The van der Waals surface area contributed by atoms with E-state index in [1.165, 1.54) is 11.1 Å². The molecule has 2 atom stereocenters. The number of halogens is 1. The van der Waals surface area contributed by atoms with Gasteiger partial charge in [0.05, 0.1) is 0 Å². The third kappa shape index (κ3) is 3.21. The maximum Gasteiger partial charge on any atom is 0.125 e. The van der Waals surface area contributed by atoms with E-state index in [1.807, 2.05) is 0 Å². The van der Waals surface area contributed by atoms with Crippen LogP contribution in [-0.4, -0.2) is 43.3 Å². The van der Waals surface area contributed by atoms with Gasteiger partial charge < -0.3 is 10.2 Å². The Hall–Kier alpha value is -0.930. The summed E-state index contributed by atoms with van der Waals surface area (Å²) in [6.07, 6.45) is 2.48. The number of rotatable bonds is 4. The van der Waals surface area contributed by atoms with E-state index in [1.54, 1.807) is 0 Å². The van der Waals surface area contributed by atoms with Crippen molar-refractivity contribution in [2.24, 2.45) is 0 Å². The molecule has 0 spiro atoms. The van der Waals surface area contributed by atoms with Gasteiger partial charge in [-0.2, -0.15) is 0 Å². The maximum atomic E-state index is 14.6. The van der Waals surface area contributed by atoms with Crippen LogP contribution in [0.1, 0.15) is 36.3 Å². The number of likely N-dealkylation sites (tertiary alicyclic amines) is 1. The van der Waals surface area contributed by atoms with E-state index >= 15 is 0 Å². The summed E-state index contributed by atoms with van der Waals surface area (Å²) in [4.78, 5) is 2.21. The lowest BCUT2D eigenvalue weighted by Gasteiger charge is -2.34. The van der Waals surface area contributed by atoms with Gasteiger partial charge in [-0.15, -0.1) is 0 Å². The van der Waals surface area contributed by atoms with Crippen LogP contribution >= 0.6 is 0 Å². The fourth-order valence-corrected chi connectivity index (χ4v) is 3.11. The molecule has 0 bridgehead atoms. The minimum Gasteiger partial charge on any atom is -0.310 e. The van der Waals surface area contributed by atoms with E-state index in [-0.39, 0.29) is 0 Å². The summed E-state index contributed by atoms with van der Waals surface area (Å²) in [6, 6.07) is 9.23. The Morgan fingerprint density at radius 3 is 2.55 bits per heavy atom. The summed E-state index contributed by atoms with van der Waals surface area (Å²) in [7, 11) is 2.07. The molecule has 1 aromatic rings. The van der Waals surface area contributed by atoms with Crippen LogP contribution in [0.5, 0.6) is 0 Å². The van der Waals surface area contributed by atoms with Crippen molar-refractivity contribution in [3.05, 3.63) is 35.4 Å². The van der Waals surface area contributed by atoms with Crippen LogP contribution in [0.4, 0.5) is 4.39 Å². The first-order chi connectivity index (χ1) is 9.56. The van der Waals surface area contributed by atoms with Crippen molar-refractivity contribution in [1.82, 2.24) is 10.2 Å². The molecule has 3 heteroatoms. The van der Waals surface area contributed by atoms with Gasteiger partial charge in [-0.1, -0.05) is 29.8 Å². The maximum absolute atomic E-state index is 14.6. The Balaban J connectivity index is 1.48. The molecule has 20 heavy (non-hydrogen) atoms. The summed E-state index contributed by atoms with van der Waals surface area (Å²) in [5.41, 5.74) is 1.70. The van der Waals surface area contributed by atoms with Crippen molar-refractivity contribution < 1.29 is 4.39 Å².